The average Bonchev–Trinajstić information content (AvgIpc) is 3.12. The van der Waals surface area contributed by atoms with Crippen molar-refractivity contribution in [3.63, 3.8) is 0 Å². The van der Waals surface area contributed by atoms with Gasteiger partial charge < -0.3 is 4.98 Å². The first-order valence-electron chi connectivity index (χ1n) is 7.08. The van der Waals surface area contributed by atoms with Gasteiger partial charge in [-0.15, -0.1) is 10.2 Å². The van der Waals surface area contributed by atoms with Gasteiger partial charge in [-0.1, -0.05) is 48.4 Å². The highest BCUT2D eigenvalue weighted by Crippen LogP contribution is 2.24. The number of unbranched alkanes of at least 4 members (excludes halogenated alkanes) is 1. The van der Waals surface area contributed by atoms with E-state index in [9.17, 15) is 4.79 Å². The molecule has 0 fully saturated rings. The maximum atomic E-state index is 12.3. The molecule has 0 saturated heterocycles. The summed E-state index contributed by atoms with van der Waals surface area (Å²) in [5, 5.41) is 13.8. The van der Waals surface area contributed by atoms with E-state index in [0.29, 0.717) is 15.8 Å². The van der Waals surface area contributed by atoms with Gasteiger partial charge >= 0.3 is 0 Å². The first-order chi connectivity index (χ1) is 10.7. The number of rotatable bonds is 5. The smallest absolute Gasteiger partial charge is 0.273 e. The number of H-pyrrole nitrogens is 1. The number of benzene rings is 1. The van der Waals surface area contributed by atoms with E-state index < -0.39 is 0 Å². The Labute approximate surface area is 136 Å². The van der Waals surface area contributed by atoms with Crippen LogP contribution >= 0.6 is 22.9 Å². The van der Waals surface area contributed by atoms with Crippen molar-refractivity contribution < 1.29 is 4.79 Å². The van der Waals surface area contributed by atoms with Gasteiger partial charge in [0.25, 0.3) is 5.91 Å². The summed E-state index contributed by atoms with van der Waals surface area (Å²) >= 11 is 7.52. The molecule has 2 heterocycles. The number of para-hydroxylation sites is 1. The van der Waals surface area contributed by atoms with Crippen molar-refractivity contribution in [1.82, 2.24) is 15.2 Å². The molecule has 0 spiro atoms. The van der Waals surface area contributed by atoms with Gasteiger partial charge in [0.05, 0.1) is 10.5 Å². The summed E-state index contributed by atoms with van der Waals surface area (Å²) in [4.78, 5) is 15.3. The van der Waals surface area contributed by atoms with Gasteiger partial charge in [0.1, 0.15) is 10.7 Å². The van der Waals surface area contributed by atoms with Crippen LogP contribution in [-0.2, 0) is 6.42 Å². The van der Waals surface area contributed by atoms with Gasteiger partial charge in [0.15, 0.2) is 0 Å². The fourth-order valence-electron chi connectivity index (χ4n) is 2.14. The summed E-state index contributed by atoms with van der Waals surface area (Å²) in [6.45, 7) is 2.13. The zero-order chi connectivity index (χ0) is 15.5. The van der Waals surface area contributed by atoms with E-state index in [1.165, 1.54) is 11.3 Å². The third kappa shape index (κ3) is 3.13. The number of carbonyl (C=O) groups is 1. The van der Waals surface area contributed by atoms with Crippen LogP contribution < -0.4 is 5.32 Å². The number of carbonyl (C=O) groups excluding carboxylic acids is 1. The summed E-state index contributed by atoms with van der Waals surface area (Å²) in [5.74, 6) is -0.245. The maximum Gasteiger partial charge on any atom is 0.273 e. The summed E-state index contributed by atoms with van der Waals surface area (Å²) < 4.78 is 0. The Hall–Kier alpha value is -1.92. The van der Waals surface area contributed by atoms with Crippen LogP contribution in [0.15, 0.2) is 24.3 Å². The molecule has 0 atom stereocenters. The van der Waals surface area contributed by atoms with Crippen molar-refractivity contribution in [3.05, 3.63) is 40.0 Å². The van der Waals surface area contributed by atoms with E-state index in [4.69, 9.17) is 11.6 Å². The number of aromatic amines is 1. The maximum absolute atomic E-state index is 12.3. The van der Waals surface area contributed by atoms with Gasteiger partial charge in [0.2, 0.25) is 5.13 Å². The zero-order valence-electron chi connectivity index (χ0n) is 12.0. The van der Waals surface area contributed by atoms with Crippen LogP contribution in [0.4, 0.5) is 5.13 Å². The minimum absolute atomic E-state index is 0.245. The van der Waals surface area contributed by atoms with Crippen LogP contribution in [0.1, 0.15) is 35.3 Å². The molecule has 0 radical (unpaired) electrons. The van der Waals surface area contributed by atoms with Gasteiger partial charge in [-0.3, -0.25) is 10.1 Å². The molecule has 1 amide bonds. The fourth-order valence-corrected chi connectivity index (χ4v) is 3.14. The van der Waals surface area contributed by atoms with Crippen LogP contribution in [0.2, 0.25) is 5.02 Å². The van der Waals surface area contributed by atoms with Crippen LogP contribution in [0.25, 0.3) is 10.9 Å². The topological polar surface area (TPSA) is 70.7 Å². The first kappa shape index (κ1) is 15.0. The van der Waals surface area contributed by atoms with E-state index in [-0.39, 0.29) is 5.91 Å². The number of fused-ring (bicyclic) bond motifs is 1. The number of nitrogens with one attached hydrogen (secondary N) is 2. The van der Waals surface area contributed by atoms with Crippen molar-refractivity contribution in [2.45, 2.75) is 26.2 Å². The van der Waals surface area contributed by atoms with Crippen LogP contribution in [-0.4, -0.2) is 21.1 Å². The monoisotopic (exact) mass is 334 g/mol. The van der Waals surface area contributed by atoms with Crippen molar-refractivity contribution in [2.24, 2.45) is 0 Å². The number of halogens is 1. The molecule has 0 saturated carbocycles. The van der Waals surface area contributed by atoms with E-state index in [1.807, 2.05) is 12.1 Å². The Morgan fingerprint density at radius 1 is 1.41 bits per heavy atom. The molecular formula is C15H15ClN4OS. The highest BCUT2D eigenvalue weighted by atomic mass is 35.5. The Kier molecular flexibility index (Phi) is 4.40. The Balaban J connectivity index is 1.75. The molecule has 0 aliphatic carbocycles. The molecule has 1 aromatic carbocycles. The summed E-state index contributed by atoms with van der Waals surface area (Å²) in [6.07, 6.45) is 3.08. The summed E-state index contributed by atoms with van der Waals surface area (Å²) in [5.41, 5.74) is 1.21. The van der Waals surface area contributed by atoms with Crippen LogP contribution in [0.3, 0.4) is 0 Å². The van der Waals surface area contributed by atoms with E-state index in [0.717, 1.165) is 35.2 Å². The van der Waals surface area contributed by atoms with Crippen LogP contribution in [0.5, 0.6) is 0 Å². The molecule has 5 nitrogen and oxygen atoms in total. The number of aryl methyl sites for hydroxylation is 1. The highest BCUT2D eigenvalue weighted by molar-refractivity contribution is 7.15. The number of anilines is 1. The molecule has 0 aliphatic rings. The number of hydrogen-bond acceptors (Lipinski definition) is 4. The first-order valence-corrected chi connectivity index (χ1v) is 8.28. The molecule has 3 aromatic rings. The van der Waals surface area contributed by atoms with Gasteiger partial charge in [-0.2, -0.15) is 0 Å². The molecule has 22 heavy (non-hydrogen) atoms. The predicted molar refractivity (Wildman–Crippen MR) is 89.8 cm³/mol. The average molecular weight is 335 g/mol. The quantitative estimate of drug-likeness (QED) is 0.732. The number of aromatic nitrogens is 3. The Bertz CT molecular complexity index is 811. The lowest BCUT2D eigenvalue weighted by molar-refractivity contribution is 0.102. The molecule has 0 unspecified atom stereocenters. The van der Waals surface area contributed by atoms with Gasteiger partial charge in [-0.05, 0) is 18.6 Å². The Morgan fingerprint density at radius 3 is 3.05 bits per heavy atom. The van der Waals surface area contributed by atoms with Gasteiger partial charge in [-0.25, -0.2) is 0 Å². The fraction of sp³-hybridized carbons (Fsp3) is 0.267. The second-order valence-electron chi connectivity index (χ2n) is 4.95. The Morgan fingerprint density at radius 2 is 2.27 bits per heavy atom. The third-order valence-electron chi connectivity index (χ3n) is 3.28. The molecule has 3 rings (SSSR count). The van der Waals surface area contributed by atoms with E-state index in [2.05, 4.69) is 27.4 Å². The number of hydrogen-bond donors (Lipinski definition) is 2. The standard InChI is InChI=1S/C15H15ClN4OS/c1-2-3-7-12-19-20-15(22-12)18-14(21)11-8-9-5-4-6-10(16)13(9)17-11/h4-6,8,17H,2-3,7H2,1H3,(H,18,20,21). The molecule has 114 valence electrons. The highest BCUT2D eigenvalue weighted by Gasteiger charge is 2.13. The SMILES string of the molecule is CCCCc1nnc(NC(=O)c2cc3cccc(Cl)c3[nH]2)s1. The summed E-state index contributed by atoms with van der Waals surface area (Å²) in [6, 6.07) is 7.32. The molecular weight excluding hydrogens is 320 g/mol. The zero-order valence-corrected chi connectivity index (χ0v) is 13.6. The van der Waals surface area contributed by atoms with Crippen molar-refractivity contribution in [3.8, 4) is 0 Å². The van der Waals surface area contributed by atoms with Crippen molar-refractivity contribution in [2.75, 3.05) is 5.32 Å². The van der Waals surface area contributed by atoms with E-state index in [1.54, 1.807) is 12.1 Å². The molecule has 0 aliphatic heterocycles. The molecule has 2 aromatic heterocycles. The van der Waals surface area contributed by atoms with Gasteiger partial charge in [0, 0.05) is 11.8 Å². The van der Waals surface area contributed by atoms with Crippen molar-refractivity contribution in [1.29, 1.82) is 0 Å². The third-order valence-corrected chi connectivity index (χ3v) is 4.49. The summed E-state index contributed by atoms with van der Waals surface area (Å²) in [7, 11) is 0. The van der Waals surface area contributed by atoms with Crippen LogP contribution in [0, 0.1) is 0 Å². The lowest BCUT2D eigenvalue weighted by Gasteiger charge is -1.97. The number of nitrogens with zero attached hydrogens (tertiary/aromatic N) is 2. The molecule has 7 heteroatoms. The lowest BCUT2D eigenvalue weighted by Crippen LogP contribution is -2.11. The second-order valence-corrected chi connectivity index (χ2v) is 6.41. The minimum Gasteiger partial charge on any atom is -0.349 e. The normalized spacial score (nSPS) is 11.0. The molecule has 0 bridgehead atoms. The molecule has 2 N–H and O–H groups in total. The predicted octanol–water partition coefficient (Wildman–Crippen LogP) is 4.27. The number of amides is 1. The lowest BCUT2D eigenvalue weighted by atomic mass is 10.2. The largest absolute Gasteiger partial charge is 0.349 e. The van der Waals surface area contributed by atoms with E-state index >= 15 is 0 Å². The van der Waals surface area contributed by atoms with Crippen molar-refractivity contribution >= 4 is 44.9 Å². The minimum atomic E-state index is -0.245. The second kappa shape index (κ2) is 6.46.